The van der Waals surface area contributed by atoms with Crippen LogP contribution in [0.1, 0.15) is 12.0 Å². The Labute approximate surface area is 171 Å². The lowest BCUT2D eigenvalue weighted by atomic mass is 10.2. The number of thioether (sulfide) groups is 1. The van der Waals surface area contributed by atoms with Crippen molar-refractivity contribution in [2.24, 2.45) is 0 Å². The van der Waals surface area contributed by atoms with Crippen molar-refractivity contribution in [2.75, 3.05) is 10.2 Å². The lowest BCUT2D eigenvalue weighted by Gasteiger charge is -2.15. The number of hydrogen-bond donors (Lipinski definition) is 2. The number of rotatable bonds is 6. The fraction of sp³-hybridized carbons (Fsp3) is 0.143. The van der Waals surface area contributed by atoms with Gasteiger partial charge in [-0.2, -0.15) is 0 Å². The van der Waals surface area contributed by atoms with Crippen molar-refractivity contribution in [3.05, 3.63) is 66.2 Å². The maximum absolute atomic E-state index is 12.7. The standard InChI is InChI=1S/C21H18N2O5S/c1-13-3-2-4-15(11-13)23-19(25)12-17(21(23)28)29-16-7-5-14(6-8-16)22-18(24)9-10-20(26)27/h2-11,17H,12H2,1H3,(H,22,24)(H,26,27)/b10-9+. The smallest absolute Gasteiger partial charge is 0.328 e. The number of benzene rings is 2. The first-order valence-electron chi connectivity index (χ1n) is 8.75. The lowest BCUT2D eigenvalue weighted by Crippen LogP contribution is -2.31. The minimum absolute atomic E-state index is 0.121. The molecule has 1 atom stereocenters. The van der Waals surface area contributed by atoms with Crippen LogP contribution in [0.4, 0.5) is 11.4 Å². The molecule has 0 bridgehead atoms. The molecule has 1 aliphatic heterocycles. The molecule has 8 heteroatoms. The van der Waals surface area contributed by atoms with Gasteiger partial charge in [0, 0.05) is 29.2 Å². The van der Waals surface area contributed by atoms with Gasteiger partial charge in [0.2, 0.25) is 17.7 Å². The summed E-state index contributed by atoms with van der Waals surface area (Å²) in [7, 11) is 0. The van der Waals surface area contributed by atoms with Gasteiger partial charge in [0.15, 0.2) is 0 Å². The van der Waals surface area contributed by atoms with Gasteiger partial charge in [-0.05, 0) is 48.9 Å². The van der Waals surface area contributed by atoms with Crippen LogP contribution in [0.15, 0.2) is 65.6 Å². The Morgan fingerprint density at radius 1 is 1.14 bits per heavy atom. The Balaban J connectivity index is 1.64. The maximum atomic E-state index is 12.7. The van der Waals surface area contributed by atoms with E-state index in [4.69, 9.17) is 5.11 Å². The van der Waals surface area contributed by atoms with Gasteiger partial charge in [0.25, 0.3) is 0 Å². The van der Waals surface area contributed by atoms with Gasteiger partial charge >= 0.3 is 5.97 Å². The van der Waals surface area contributed by atoms with Crippen LogP contribution in [-0.2, 0) is 19.2 Å². The average molecular weight is 410 g/mol. The summed E-state index contributed by atoms with van der Waals surface area (Å²) in [6, 6.07) is 14.0. The number of carboxylic acid groups (broad SMARTS) is 1. The van der Waals surface area contributed by atoms with Gasteiger partial charge < -0.3 is 10.4 Å². The maximum Gasteiger partial charge on any atom is 0.328 e. The summed E-state index contributed by atoms with van der Waals surface area (Å²) in [5, 5.41) is 10.5. The zero-order chi connectivity index (χ0) is 21.0. The summed E-state index contributed by atoms with van der Waals surface area (Å²) >= 11 is 1.29. The second kappa shape index (κ2) is 8.74. The monoisotopic (exact) mass is 410 g/mol. The predicted molar refractivity (Wildman–Crippen MR) is 110 cm³/mol. The van der Waals surface area contributed by atoms with Crippen molar-refractivity contribution >= 4 is 46.8 Å². The first-order valence-corrected chi connectivity index (χ1v) is 9.63. The van der Waals surface area contributed by atoms with Crippen LogP contribution in [-0.4, -0.2) is 34.0 Å². The molecule has 148 valence electrons. The summed E-state index contributed by atoms with van der Waals surface area (Å²) < 4.78 is 0. The lowest BCUT2D eigenvalue weighted by molar-refractivity contribution is -0.131. The highest BCUT2D eigenvalue weighted by atomic mass is 32.2. The van der Waals surface area contributed by atoms with Crippen molar-refractivity contribution in [2.45, 2.75) is 23.5 Å². The SMILES string of the molecule is Cc1cccc(N2C(=O)CC(Sc3ccc(NC(=O)/C=C/C(=O)O)cc3)C2=O)c1. The molecule has 3 amide bonds. The fourth-order valence-corrected chi connectivity index (χ4v) is 3.90. The molecule has 7 nitrogen and oxygen atoms in total. The van der Waals surface area contributed by atoms with E-state index < -0.39 is 17.1 Å². The van der Waals surface area contributed by atoms with Crippen LogP contribution >= 0.6 is 11.8 Å². The van der Waals surface area contributed by atoms with E-state index in [1.165, 1.54) is 16.7 Å². The van der Waals surface area contributed by atoms with E-state index in [0.717, 1.165) is 22.6 Å². The van der Waals surface area contributed by atoms with Gasteiger partial charge in [-0.25, -0.2) is 9.69 Å². The zero-order valence-electron chi connectivity index (χ0n) is 15.5. The molecule has 2 aromatic carbocycles. The topological polar surface area (TPSA) is 104 Å². The Hall–Kier alpha value is -3.39. The number of hydrogen-bond acceptors (Lipinski definition) is 5. The molecule has 2 aromatic rings. The second-order valence-electron chi connectivity index (χ2n) is 6.40. The molecular weight excluding hydrogens is 392 g/mol. The highest BCUT2D eigenvalue weighted by Crippen LogP contribution is 2.34. The number of amides is 3. The zero-order valence-corrected chi connectivity index (χ0v) is 16.3. The molecule has 1 fully saturated rings. The molecule has 29 heavy (non-hydrogen) atoms. The molecule has 0 aromatic heterocycles. The van der Waals surface area contributed by atoms with E-state index >= 15 is 0 Å². The fourth-order valence-electron chi connectivity index (χ4n) is 2.85. The highest BCUT2D eigenvalue weighted by Gasteiger charge is 2.40. The third-order valence-electron chi connectivity index (χ3n) is 4.14. The van der Waals surface area contributed by atoms with Crippen molar-refractivity contribution in [1.82, 2.24) is 0 Å². The number of carbonyl (C=O) groups excluding carboxylic acids is 3. The Morgan fingerprint density at radius 2 is 1.86 bits per heavy atom. The van der Waals surface area contributed by atoms with E-state index in [1.807, 2.05) is 19.1 Å². The number of anilines is 2. The van der Waals surface area contributed by atoms with Crippen molar-refractivity contribution in [3.63, 3.8) is 0 Å². The third kappa shape index (κ3) is 5.11. The number of aryl methyl sites for hydroxylation is 1. The molecule has 1 aliphatic rings. The van der Waals surface area contributed by atoms with Crippen LogP contribution < -0.4 is 10.2 Å². The van der Waals surface area contributed by atoms with E-state index in [0.29, 0.717) is 11.4 Å². The molecule has 1 unspecified atom stereocenters. The van der Waals surface area contributed by atoms with Crippen LogP contribution in [0.2, 0.25) is 0 Å². The number of aliphatic carboxylic acids is 1. The first kappa shape index (κ1) is 20.3. The molecule has 0 spiro atoms. The summed E-state index contributed by atoms with van der Waals surface area (Å²) in [5.41, 5.74) is 2.04. The number of nitrogens with zero attached hydrogens (tertiary/aromatic N) is 1. The van der Waals surface area contributed by atoms with Crippen LogP contribution in [0.3, 0.4) is 0 Å². The first-order chi connectivity index (χ1) is 13.8. The number of carbonyl (C=O) groups is 4. The summed E-state index contributed by atoms with van der Waals surface area (Å²) in [5.74, 6) is -2.24. The number of carboxylic acids is 1. The van der Waals surface area contributed by atoms with Gasteiger partial charge in [0.05, 0.1) is 10.9 Å². The summed E-state index contributed by atoms with van der Waals surface area (Å²) in [6.07, 6.45) is 1.80. The quantitative estimate of drug-likeness (QED) is 0.560. The van der Waals surface area contributed by atoms with Gasteiger partial charge in [0.1, 0.15) is 0 Å². The molecule has 1 saturated heterocycles. The largest absolute Gasteiger partial charge is 0.478 e. The van der Waals surface area contributed by atoms with Gasteiger partial charge in [-0.3, -0.25) is 14.4 Å². The van der Waals surface area contributed by atoms with Crippen LogP contribution in [0, 0.1) is 6.92 Å². The minimum Gasteiger partial charge on any atom is -0.478 e. The van der Waals surface area contributed by atoms with E-state index in [-0.39, 0.29) is 18.2 Å². The summed E-state index contributed by atoms with van der Waals surface area (Å²) in [6.45, 7) is 1.90. The second-order valence-corrected chi connectivity index (χ2v) is 7.68. The molecular formula is C21H18N2O5S. The average Bonchev–Trinajstić information content (AvgIpc) is 2.95. The molecule has 1 heterocycles. The van der Waals surface area contributed by atoms with Crippen LogP contribution in [0.5, 0.6) is 0 Å². The van der Waals surface area contributed by atoms with Gasteiger partial charge in [-0.1, -0.05) is 12.1 Å². The number of imide groups is 1. The highest BCUT2D eigenvalue weighted by molar-refractivity contribution is 8.00. The van der Waals surface area contributed by atoms with E-state index in [2.05, 4.69) is 5.32 Å². The Morgan fingerprint density at radius 3 is 2.52 bits per heavy atom. The Bertz CT molecular complexity index is 1000. The van der Waals surface area contributed by atoms with Gasteiger partial charge in [-0.15, -0.1) is 11.8 Å². The van der Waals surface area contributed by atoms with Crippen molar-refractivity contribution in [3.8, 4) is 0 Å². The van der Waals surface area contributed by atoms with E-state index in [9.17, 15) is 19.2 Å². The minimum atomic E-state index is -1.21. The normalized spacial score (nSPS) is 16.4. The molecule has 2 N–H and O–H groups in total. The summed E-state index contributed by atoms with van der Waals surface area (Å²) in [4.78, 5) is 49.2. The van der Waals surface area contributed by atoms with Crippen molar-refractivity contribution in [1.29, 1.82) is 0 Å². The number of nitrogens with one attached hydrogen (secondary N) is 1. The van der Waals surface area contributed by atoms with E-state index in [1.54, 1.807) is 36.4 Å². The van der Waals surface area contributed by atoms with Crippen LogP contribution in [0.25, 0.3) is 0 Å². The Kier molecular flexibility index (Phi) is 6.13. The molecule has 3 rings (SSSR count). The third-order valence-corrected chi connectivity index (χ3v) is 5.34. The van der Waals surface area contributed by atoms with Crippen molar-refractivity contribution < 1.29 is 24.3 Å². The predicted octanol–water partition coefficient (Wildman–Crippen LogP) is 3.00. The molecule has 0 radical (unpaired) electrons. The molecule has 0 aliphatic carbocycles. The molecule has 0 saturated carbocycles.